The van der Waals surface area contributed by atoms with E-state index in [-0.39, 0.29) is 5.97 Å². The molecule has 0 atom stereocenters. The van der Waals surface area contributed by atoms with Crippen LogP contribution in [0.5, 0.6) is 0 Å². The second-order valence-electron chi connectivity index (χ2n) is 3.87. The molecule has 0 amide bonds. The summed E-state index contributed by atoms with van der Waals surface area (Å²) in [5.41, 5.74) is 7.90. The molecule has 0 aliphatic rings. The molecular weight excluding hydrogens is 216 g/mol. The highest BCUT2D eigenvalue weighted by atomic mass is 16.5. The number of para-hydroxylation sites is 1. The summed E-state index contributed by atoms with van der Waals surface area (Å²) in [6, 6.07) is 7.89. The van der Waals surface area contributed by atoms with Crippen LogP contribution in [0.15, 0.2) is 24.3 Å². The first kappa shape index (κ1) is 11.5. The van der Waals surface area contributed by atoms with E-state index in [0.717, 1.165) is 16.5 Å². The van der Waals surface area contributed by atoms with Gasteiger partial charge in [0, 0.05) is 22.9 Å². The normalized spacial score (nSPS) is 10.6. The fourth-order valence-electron chi connectivity index (χ4n) is 1.95. The van der Waals surface area contributed by atoms with Crippen LogP contribution >= 0.6 is 0 Å². The van der Waals surface area contributed by atoms with Crippen molar-refractivity contribution in [1.82, 2.24) is 4.98 Å². The molecule has 0 bridgehead atoms. The highest BCUT2D eigenvalue weighted by molar-refractivity contribution is 5.88. The van der Waals surface area contributed by atoms with Crippen LogP contribution in [0.4, 0.5) is 5.82 Å². The molecule has 0 spiro atoms. The number of aromatic amines is 1. The van der Waals surface area contributed by atoms with E-state index in [1.807, 2.05) is 24.3 Å². The second-order valence-corrected chi connectivity index (χ2v) is 3.87. The van der Waals surface area contributed by atoms with Gasteiger partial charge in [0.25, 0.3) is 0 Å². The molecule has 90 valence electrons. The maximum Gasteiger partial charge on any atom is 0.306 e. The Morgan fingerprint density at radius 3 is 2.94 bits per heavy atom. The summed E-state index contributed by atoms with van der Waals surface area (Å²) in [5.74, 6) is 0.452. The van der Waals surface area contributed by atoms with Gasteiger partial charge < -0.3 is 15.5 Å². The minimum atomic E-state index is -0.183. The van der Waals surface area contributed by atoms with Crippen molar-refractivity contribution in [1.29, 1.82) is 0 Å². The Bertz CT molecular complexity index is 531. The van der Waals surface area contributed by atoms with Crippen molar-refractivity contribution in [3.63, 3.8) is 0 Å². The largest absolute Gasteiger partial charge is 0.466 e. The average Bonchev–Trinajstić information content (AvgIpc) is 2.62. The second kappa shape index (κ2) is 4.91. The van der Waals surface area contributed by atoms with E-state index in [0.29, 0.717) is 25.3 Å². The molecule has 4 nitrogen and oxygen atoms in total. The maximum atomic E-state index is 11.3. The van der Waals surface area contributed by atoms with Gasteiger partial charge >= 0.3 is 5.97 Å². The average molecular weight is 232 g/mol. The summed E-state index contributed by atoms with van der Waals surface area (Å²) < 4.78 is 4.90. The van der Waals surface area contributed by atoms with Crippen molar-refractivity contribution in [2.75, 3.05) is 12.3 Å². The lowest BCUT2D eigenvalue weighted by molar-refractivity contribution is -0.143. The molecule has 0 unspecified atom stereocenters. The third-order valence-corrected chi connectivity index (χ3v) is 2.73. The number of nitrogens with two attached hydrogens (primary N) is 1. The highest BCUT2D eigenvalue weighted by Crippen LogP contribution is 2.25. The van der Waals surface area contributed by atoms with E-state index < -0.39 is 0 Å². The third kappa shape index (κ3) is 2.41. The van der Waals surface area contributed by atoms with Gasteiger partial charge in [0.15, 0.2) is 0 Å². The quantitative estimate of drug-likeness (QED) is 0.794. The number of rotatable bonds is 4. The number of hydrogen-bond acceptors (Lipinski definition) is 3. The predicted octanol–water partition coefficient (Wildman–Crippen LogP) is 2.25. The first-order valence-corrected chi connectivity index (χ1v) is 5.73. The number of esters is 1. The van der Waals surface area contributed by atoms with Gasteiger partial charge in [-0.1, -0.05) is 18.2 Å². The standard InChI is InChI=1S/C13H16N2O2/c1-2-17-12(16)8-7-10-9-5-3-4-6-11(9)15-13(10)14/h3-6,15H,2,7-8,14H2,1H3. The lowest BCUT2D eigenvalue weighted by Gasteiger charge is -2.02. The lowest BCUT2D eigenvalue weighted by atomic mass is 10.1. The topological polar surface area (TPSA) is 68.1 Å². The molecule has 0 fully saturated rings. The van der Waals surface area contributed by atoms with E-state index in [1.54, 1.807) is 6.92 Å². The highest BCUT2D eigenvalue weighted by Gasteiger charge is 2.10. The Balaban J connectivity index is 2.18. The summed E-state index contributed by atoms with van der Waals surface area (Å²) in [5, 5.41) is 1.08. The molecule has 0 aliphatic carbocycles. The lowest BCUT2D eigenvalue weighted by Crippen LogP contribution is -2.05. The molecular formula is C13H16N2O2. The molecule has 0 saturated heterocycles. The number of aryl methyl sites for hydroxylation is 1. The number of nitrogen functional groups attached to an aromatic ring is 1. The molecule has 17 heavy (non-hydrogen) atoms. The van der Waals surface area contributed by atoms with Crippen LogP contribution < -0.4 is 5.73 Å². The molecule has 1 heterocycles. The van der Waals surface area contributed by atoms with Crippen LogP contribution in [0.3, 0.4) is 0 Å². The summed E-state index contributed by atoms with van der Waals surface area (Å²) >= 11 is 0. The Morgan fingerprint density at radius 1 is 1.41 bits per heavy atom. The van der Waals surface area contributed by atoms with Crippen LogP contribution in [0.2, 0.25) is 0 Å². The van der Waals surface area contributed by atoms with Gasteiger partial charge in [-0.2, -0.15) is 0 Å². The summed E-state index contributed by atoms with van der Waals surface area (Å²) in [6.45, 7) is 2.22. The summed E-state index contributed by atoms with van der Waals surface area (Å²) in [6.07, 6.45) is 0.967. The zero-order chi connectivity index (χ0) is 12.3. The number of hydrogen-bond donors (Lipinski definition) is 2. The van der Waals surface area contributed by atoms with Gasteiger partial charge in [0.1, 0.15) is 5.82 Å². The first-order chi connectivity index (χ1) is 8.22. The van der Waals surface area contributed by atoms with E-state index in [9.17, 15) is 4.79 Å². The van der Waals surface area contributed by atoms with Crippen molar-refractivity contribution in [2.24, 2.45) is 0 Å². The Labute approximate surface area is 99.8 Å². The first-order valence-electron chi connectivity index (χ1n) is 5.73. The molecule has 3 N–H and O–H groups in total. The number of carbonyl (C=O) groups is 1. The van der Waals surface area contributed by atoms with E-state index in [1.165, 1.54) is 0 Å². The maximum absolute atomic E-state index is 11.3. The SMILES string of the molecule is CCOC(=O)CCc1c(N)[nH]c2ccccc12. The van der Waals surface area contributed by atoms with Crippen LogP contribution in [-0.4, -0.2) is 17.6 Å². The molecule has 1 aromatic heterocycles. The Hall–Kier alpha value is -1.97. The third-order valence-electron chi connectivity index (χ3n) is 2.73. The molecule has 2 aromatic rings. The fraction of sp³-hybridized carbons (Fsp3) is 0.308. The van der Waals surface area contributed by atoms with Crippen molar-refractivity contribution in [2.45, 2.75) is 19.8 Å². The number of anilines is 1. The van der Waals surface area contributed by atoms with Gasteiger partial charge in [0.2, 0.25) is 0 Å². The smallest absolute Gasteiger partial charge is 0.306 e. The zero-order valence-corrected chi connectivity index (χ0v) is 9.82. The number of nitrogens with one attached hydrogen (secondary N) is 1. The zero-order valence-electron chi connectivity index (χ0n) is 9.82. The van der Waals surface area contributed by atoms with Gasteiger partial charge in [-0.3, -0.25) is 4.79 Å². The number of carbonyl (C=O) groups excluding carboxylic acids is 1. The van der Waals surface area contributed by atoms with Crippen LogP contribution in [-0.2, 0) is 16.0 Å². The van der Waals surface area contributed by atoms with Crippen LogP contribution in [0, 0.1) is 0 Å². The minimum absolute atomic E-state index is 0.183. The number of benzene rings is 1. The predicted molar refractivity (Wildman–Crippen MR) is 67.7 cm³/mol. The molecule has 4 heteroatoms. The summed E-state index contributed by atoms with van der Waals surface area (Å²) in [7, 11) is 0. The molecule has 0 radical (unpaired) electrons. The summed E-state index contributed by atoms with van der Waals surface area (Å²) in [4.78, 5) is 14.4. The Kier molecular flexibility index (Phi) is 3.32. The number of ether oxygens (including phenoxy) is 1. The number of fused-ring (bicyclic) bond motifs is 1. The van der Waals surface area contributed by atoms with Gasteiger partial charge in [-0.05, 0) is 19.4 Å². The van der Waals surface area contributed by atoms with Gasteiger partial charge in [-0.25, -0.2) is 0 Å². The van der Waals surface area contributed by atoms with Crippen LogP contribution in [0.25, 0.3) is 10.9 Å². The monoisotopic (exact) mass is 232 g/mol. The van der Waals surface area contributed by atoms with Crippen molar-refractivity contribution in [3.8, 4) is 0 Å². The number of aromatic nitrogens is 1. The van der Waals surface area contributed by atoms with E-state index in [2.05, 4.69) is 4.98 Å². The van der Waals surface area contributed by atoms with Crippen molar-refractivity contribution >= 4 is 22.7 Å². The minimum Gasteiger partial charge on any atom is -0.466 e. The van der Waals surface area contributed by atoms with Gasteiger partial charge in [-0.15, -0.1) is 0 Å². The number of H-pyrrole nitrogens is 1. The van der Waals surface area contributed by atoms with Crippen LogP contribution in [0.1, 0.15) is 18.9 Å². The van der Waals surface area contributed by atoms with Crippen molar-refractivity contribution < 1.29 is 9.53 Å². The molecule has 1 aromatic carbocycles. The molecule has 0 saturated carbocycles. The Morgan fingerprint density at radius 2 is 2.18 bits per heavy atom. The molecule has 2 rings (SSSR count). The van der Waals surface area contributed by atoms with E-state index in [4.69, 9.17) is 10.5 Å². The van der Waals surface area contributed by atoms with Crippen molar-refractivity contribution in [3.05, 3.63) is 29.8 Å². The van der Waals surface area contributed by atoms with E-state index >= 15 is 0 Å². The van der Waals surface area contributed by atoms with Gasteiger partial charge in [0.05, 0.1) is 6.61 Å². The fourth-order valence-corrected chi connectivity index (χ4v) is 1.95. The molecule has 0 aliphatic heterocycles.